The highest BCUT2D eigenvalue weighted by atomic mass is 16.7. The largest absolute Gasteiger partial charge is 0.389 e. The molecule has 0 fully saturated rings. The number of hydrogen-bond donors (Lipinski definition) is 0. The Morgan fingerprint density at radius 1 is 1.00 bits per heavy atom. The van der Waals surface area contributed by atoms with E-state index < -0.39 is 11.9 Å². The standard InChI is InChI=1S/C11H8O4/c1-2-9-14-10(12)7-5-3-4-6-8(7)11(13)15-9/h2-6H,1H3. The predicted molar refractivity (Wildman–Crippen MR) is 51.0 cm³/mol. The van der Waals surface area contributed by atoms with Crippen molar-refractivity contribution in [1.29, 1.82) is 0 Å². The van der Waals surface area contributed by atoms with Crippen LogP contribution in [0.25, 0.3) is 0 Å². The highest BCUT2D eigenvalue weighted by Crippen LogP contribution is 2.19. The molecule has 0 aromatic heterocycles. The summed E-state index contributed by atoms with van der Waals surface area (Å²) in [7, 11) is 0. The lowest BCUT2D eigenvalue weighted by Crippen LogP contribution is -2.04. The van der Waals surface area contributed by atoms with Crippen molar-refractivity contribution in [2.45, 2.75) is 6.92 Å². The van der Waals surface area contributed by atoms with Gasteiger partial charge in [-0.3, -0.25) is 0 Å². The molecule has 0 saturated heterocycles. The summed E-state index contributed by atoms with van der Waals surface area (Å²) in [5.41, 5.74) is 0.443. The molecule has 1 aliphatic rings. The van der Waals surface area contributed by atoms with Crippen LogP contribution in [0.15, 0.2) is 36.3 Å². The number of cyclic esters (lactones) is 2. The lowest BCUT2D eigenvalue weighted by atomic mass is 10.1. The molecule has 0 amide bonds. The normalized spacial score (nSPS) is 14.9. The van der Waals surface area contributed by atoms with Crippen molar-refractivity contribution < 1.29 is 19.1 Å². The summed E-state index contributed by atoms with van der Waals surface area (Å²) in [4.78, 5) is 23.1. The molecule has 76 valence electrons. The van der Waals surface area contributed by atoms with Crippen LogP contribution in [-0.2, 0) is 9.47 Å². The Bertz CT molecular complexity index is 420. The molecule has 2 rings (SSSR count). The van der Waals surface area contributed by atoms with E-state index in [4.69, 9.17) is 9.47 Å². The van der Waals surface area contributed by atoms with Gasteiger partial charge in [0.05, 0.1) is 11.1 Å². The fraction of sp³-hybridized carbons (Fsp3) is 0.0909. The van der Waals surface area contributed by atoms with Gasteiger partial charge < -0.3 is 9.47 Å². The van der Waals surface area contributed by atoms with Crippen LogP contribution in [0.1, 0.15) is 27.6 Å². The first-order chi connectivity index (χ1) is 7.22. The Balaban J connectivity index is 2.54. The van der Waals surface area contributed by atoms with E-state index >= 15 is 0 Å². The van der Waals surface area contributed by atoms with E-state index in [0.717, 1.165) is 0 Å². The van der Waals surface area contributed by atoms with Crippen molar-refractivity contribution in [2.24, 2.45) is 0 Å². The van der Waals surface area contributed by atoms with Gasteiger partial charge in [-0.15, -0.1) is 0 Å². The quantitative estimate of drug-likeness (QED) is 0.605. The van der Waals surface area contributed by atoms with Gasteiger partial charge in [0.1, 0.15) is 0 Å². The summed E-state index contributed by atoms with van der Waals surface area (Å²) in [5, 5.41) is 0. The van der Waals surface area contributed by atoms with Gasteiger partial charge in [0.2, 0.25) is 0 Å². The second kappa shape index (κ2) is 3.57. The molecule has 0 N–H and O–H groups in total. The minimum absolute atomic E-state index is 0.0822. The van der Waals surface area contributed by atoms with Crippen molar-refractivity contribution in [3.8, 4) is 0 Å². The second-order valence-corrected chi connectivity index (χ2v) is 2.93. The van der Waals surface area contributed by atoms with Crippen LogP contribution < -0.4 is 0 Å². The number of fused-ring (bicyclic) bond motifs is 1. The van der Waals surface area contributed by atoms with Crippen molar-refractivity contribution in [1.82, 2.24) is 0 Å². The fourth-order valence-corrected chi connectivity index (χ4v) is 1.27. The number of hydrogen-bond acceptors (Lipinski definition) is 4. The third-order valence-corrected chi connectivity index (χ3v) is 1.99. The summed E-state index contributed by atoms with van der Waals surface area (Å²) in [6.45, 7) is 1.62. The molecule has 0 bridgehead atoms. The van der Waals surface area contributed by atoms with Gasteiger partial charge in [0.15, 0.2) is 0 Å². The molecule has 4 heteroatoms. The average Bonchev–Trinajstić information content (AvgIpc) is 2.38. The summed E-state index contributed by atoms with van der Waals surface area (Å²) < 4.78 is 9.67. The van der Waals surface area contributed by atoms with Gasteiger partial charge >= 0.3 is 11.9 Å². The zero-order chi connectivity index (χ0) is 10.8. The molecule has 15 heavy (non-hydrogen) atoms. The van der Waals surface area contributed by atoms with Crippen LogP contribution in [0, 0.1) is 0 Å². The predicted octanol–water partition coefficient (Wildman–Crippen LogP) is 1.88. The van der Waals surface area contributed by atoms with E-state index in [-0.39, 0.29) is 17.1 Å². The van der Waals surface area contributed by atoms with Crippen molar-refractivity contribution in [2.75, 3.05) is 0 Å². The van der Waals surface area contributed by atoms with E-state index in [1.54, 1.807) is 19.1 Å². The van der Waals surface area contributed by atoms with Crippen LogP contribution in [0.4, 0.5) is 0 Å². The molecule has 0 saturated carbocycles. The smallest absolute Gasteiger partial charge is 0.346 e. The SMILES string of the molecule is CC=C1OC(=O)c2ccccc2C(=O)O1. The molecule has 4 nitrogen and oxygen atoms in total. The summed E-state index contributed by atoms with van der Waals surface area (Å²) in [6, 6.07) is 6.37. The summed E-state index contributed by atoms with van der Waals surface area (Å²) >= 11 is 0. The molecule has 1 aromatic rings. The zero-order valence-corrected chi connectivity index (χ0v) is 8.02. The van der Waals surface area contributed by atoms with Crippen molar-refractivity contribution >= 4 is 11.9 Å². The number of esters is 2. The van der Waals surface area contributed by atoms with Crippen molar-refractivity contribution in [3.05, 3.63) is 47.4 Å². The molecule has 0 aliphatic carbocycles. The van der Waals surface area contributed by atoms with Gasteiger partial charge in [-0.2, -0.15) is 0 Å². The Morgan fingerprint density at radius 3 is 1.87 bits per heavy atom. The van der Waals surface area contributed by atoms with E-state index in [9.17, 15) is 9.59 Å². The third kappa shape index (κ3) is 1.61. The highest BCUT2D eigenvalue weighted by Gasteiger charge is 2.25. The molecule has 0 spiro atoms. The second-order valence-electron chi connectivity index (χ2n) is 2.93. The molecule has 0 unspecified atom stereocenters. The number of allylic oxidation sites excluding steroid dienone is 1. The molecular formula is C11H8O4. The minimum atomic E-state index is -0.579. The Kier molecular flexibility index (Phi) is 2.25. The molecule has 1 heterocycles. The maximum absolute atomic E-state index is 11.5. The zero-order valence-electron chi connectivity index (χ0n) is 8.02. The van der Waals surface area contributed by atoms with Crippen LogP contribution >= 0.6 is 0 Å². The first-order valence-corrected chi connectivity index (χ1v) is 4.42. The van der Waals surface area contributed by atoms with Crippen LogP contribution in [0.2, 0.25) is 0 Å². The molecule has 1 aromatic carbocycles. The van der Waals surface area contributed by atoms with Gasteiger partial charge in [-0.25, -0.2) is 9.59 Å². The van der Waals surface area contributed by atoms with Gasteiger partial charge in [-0.1, -0.05) is 12.1 Å². The van der Waals surface area contributed by atoms with Gasteiger partial charge in [0, 0.05) is 0 Å². The summed E-state index contributed by atoms with van der Waals surface area (Å²) in [6.07, 6.45) is 1.42. The molecular weight excluding hydrogens is 196 g/mol. The maximum atomic E-state index is 11.5. The maximum Gasteiger partial charge on any atom is 0.346 e. The number of rotatable bonds is 0. The van der Waals surface area contributed by atoms with E-state index in [0.29, 0.717) is 0 Å². The molecule has 0 atom stereocenters. The van der Waals surface area contributed by atoms with Crippen LogP contribution in [0.3, 0.4) is 0 Å². The minimum Gasteiger partial charge on any atom is -0.389 e. The molecule has 0 radical (unpaired) electrons. The first-order valence-electron chi connectivity index (χ1n) is 4.42. The Hall–Kier alpha value is -2.10. The van der Waals surface area contributed by atoms with E-state index in [1.807, 2.05) is 0 Å². The number of benzene rings is 1. The van der Waals surface area contributed by atoms with Gasteiger partial charge in [-0.05, 0) is 25.1 Å². The topological polar surface area (TPSA) is 52.6 Å². The fourth-order valence-electron chi connectivity index (χ4n) is 1.27. The number of carbonyl (C=O) groups excluding carboxylic acids is 2. The van der Waals surface area contributed by atoms with Crippen LogP contribution in [0.5, 0.6) is 0 Å². The Morgan fingerprint density at radius 2 is 1.47 bits per heavy atom. The van der Waals surface area contributed by atoms with E-state index in [2.05, 4.69) is 0 Å². The summed E-state index contributed by atoms with van der Waals surface area (Å²) in [5.74, 6) is -1.24. The van der Waals surface area contributed by atoms with E-state index in [1.165, 1.54) is 18.2 Å². The molecule has 1 aliphatic heterocycles. The lowest BCUT2D eigenvalue weighted by molar-refractivity contribution is 0.0275. The number of carbonyl (C=O) groups is 2. The monoisotopic (exact) mass is 204 g/mol. The lowest BCUT2D eigenvalue weighted by Gasteiger charge is -2.01. The van der Waals surface area contributed by atoms with Gasteiger partial charge in [0.25, 0.3) is 5.95 Å². The highest BCUT2D eigenvalue weighted by molar-refractivity contribution is 6.04. The van der Waals surface area contributed by atoms with Crippen molar-refractivity contribution in [3.63, 3.8) is 0 Å². The first kappa shape index (κ1) is 9.45. The van der Waals surface area contributed by atoms with Crippen LogP contribution in [-0.4, -0.2) is 11.9 Å². The average molecular weight is 204 g/mol. The Labute approximate surface area is 86.1 Å². The third-order valence-electron chi connectivity index (χ3n) is 1.99. The number of ether oxygens (including phenoxy) is 2.